The Balaban J connectivity index is 1.84. The highest BCUT2D eigenvalue weighted by molar-refractivity contribution is 6.07. The zero-order chi connectivity index (χ0) is 20.3. The number of carbonyl (C=O) groups is 2. The van der Waals surface area contributed by atoms with Crippen molar-refractivity contribution in [2.75, 3.05) is 12.4 Å². The maximum Gasteiger partial charge on any atom is 0.340 e. The Bertz CT molecular complexity index is 1100. The first-order chi connectivity index (χ1) is 13.4. The zero-order valence-electron chi connectivity index (χ0n) is 14.3. The number of hydrogen-bond acceptors (Lipinski definition) is 6. The minimum Gasteiger partial charge on any atom is -0.465 e. The smallest absolute Gasteiger partial charge is 0.340 e. The molecule has 0 radical (unpaired) electrons. The second kappa shape index (κ2) is 7.63. The van der Waals surface area contributed by atoms with Crippen molar-refractivity contribution in [2.24, 2.45) is 0 Å². The Morgan fingerprint density at radius 3 is 2.54 bits per heavy atom. The summed E-state index contributed by atoms with van der Waals surface area (Å²) in [5, 5.41) is 18.8. The number of nitriles is 1. The van der Waals surface area contributed by atoms with Crippen molar-refractivity contribution in [2.45, 2.75) is 0 Å². The SMILES string of the molecule is COC(=O)c1cc(F)c(F)cc1NC(=O)c1ccc(-n2ccc(C#N)c2)nn1. The Morgan fingerprint density at radius 1 is 1.18 bits per heavy atom. The molecule has 0 atom stereocenters. The molecule has 0 fully saturated rings. The lowest BCUT2D eigenvalue weighted by molar-refractivity contribution is 0.0601. The van der Waals surface area contributed by atoms with Crippen LogP contribution in [0.15, 0.2) is 42.7 Å². The number of methoxy groups -OCH3 is 1. The molecule has 0 unspecified atom stereocenters. The number of rotatable bonds is 4. The van der Waals surface area contributed by atoms with Gasteiger partial charge < -0.3 is 14.6 Å². The fourth-order valence-corrected chi connectivity index (χ4v) is 2.30. The van der Waals surface area contributed by atoms with E-state index in [1.165, 1.54) is 22.9 Å². The Hall–Kier alpha value is -4.13. The lowest BCUT2D eigenvalue weighted by atomic mass is 10.1. The van der Waals surface area contributed by atoms with E-state index >= 15 is 0 Å². The van der Waals surface area contributed by atoms with E-state index in [0.29, 0.717) is 23.5 Å². The highest BCUT2D eigenvalue weighted by atomic mass is 19.2. The molecule has 140 valence electrons. The quantitative estimate of drug-likeness (QED) is 0.693. The largest absolute Gasteiger partial charge is 0.465 e. The van der Waals surface area contributed by atoms with Gasteiger partial charge in [-0.3, -0.25) is 4.79 Å². The number of anilines is 1. The highest BCUT2D eigenvalue weighted by Crippen LogP contribution is 2.21. The average Bonchev–Trinajstić information content (AvgIpc) is 3.19. The third kappa shape index (κ3) is 3.68. The van der Waals surface area contributed by atoms with Crippen LogP contribution in [0.4, 0.5) is 14.5 Å². The van der Waals surface area contributed by atoms with Crippen LogP contribution in [0.5, 0.6) is 0 Å². The van der Waals surface area contributed by atoms with Gasteiger partial charge in [0.1, 0.15) is 6.07 Å². The van der Waals surface area contributed by atoms with Crippen molar-refractivity contribution in [3.8, 4) is 11.9 Å². The van der Waals surface area contributed by atoms with Gasteiger partial charge in [-0.15, -0.1) is 10.2 Å². The Labute approximate surface area is 157 Å². The third-order valence-electron chi connectivity index (χ3n) is 3.68. The number of carbonyl (C=O) groups excluding carboxylic acids is 2. The Morgan fingerprint density at radius 2 is 1.93 bits per heavy atom. The number of halogens is 2. The summed E-state index contributed by atoms with van der Waals surface area (Å²) in [5.41, 5.74) is -0.323. The highest BCUT2D eigenvalue weighted by Gasteiger charge is 2.19. The van der Waals surface area contributed by atoms with E-state index in [4.69, 9.17) is 5.26 Å². The number of hydrogen-bond donors (Lipinski definition) is 1. The third-order valence-corrected chi connectivity index (χ3v) is 3.68. The molecule has 0 aliphatic carbocycles. The van der Waals surface area contributed by atoms with Gasteiger partial charge in [-0.1, -0.05) is 0 Å². The van der Waals surface area contributed by atoms with Crippen molar-refractivity contribution in [3.63, 3.8) is 0 Å². The van der Waals surface area contributed by atoms with Gasteiger partial charge in [-0.2, -0.15) is 5.26 Å². The summed E-state index contributed by atoms with van der Waals surface area (Å²) in [6, 6.07) is 7.69. The predicted molar refractivity (Wildman–Crippen MR) is 91.7 cm³/mol. The number of benzene rings is 1. The van der Waals surface area contributed by atoms with E-state index in [1.807, 2.05) is 6.07 Å². The van der Waals surface area contributed by atoms with Gasteiger partial charge in [0.2, 0.25) is 0 Å². The van der Waals surface area contributed by atoms with Gasteiger partial charge in [-0.05, 0) is 24.3 Å². The molecule has 0 aliphatic rings. The summed E-state index contributed by atoms with van der Waals surface area (Å²) >= 11 is 0. The Kier molecular flexibility index (Phi) is 5.08. The molecule has 1 aromatic carbocycles. The minimum absolute atomic E-state index is 0.128. The standard InChI is InChI=1S/C18H11F2N5O3/c1-28-18(27)11-6-12(19)13(20)7-15(11)22-17(26)14-2-3-16(24-23-14)25-5-4-10(8-21)9-25/h2-7,9H,1H3,(H,22,26). The molecule has 3 aromatic rings. The summed E-state index contributed by atoms with van der Waals surface area (Å²) in [6.45, 7) is 0. The summed E-state index contributed by atoms with van der Waals surface area (Å²) in [7, 11) is 1.07. The molecule has 2 heterocycles. The van der Waals surface area contributed by atoms with Crippen molar-refractivity contribution < 1.29 is 23.1 Å². The second-order valence-corrected chi connectivity index (χ2v) is 5.45. The molecule has 2 aromatic heterocycles. The number of aromatic nitrogens is 3. The number of ether oxygens (including phenoxy) is 1. The van der Waals surface area contributed by atoms with E-state index in [1.54, 1.807) is 12.3 Å². The van der Waals surface area contributed by atoms with Gasteiger partial charge >= 0.3 is 5.97 Å². The van der Waals surface area contributed by atoms with Crippen LogP contribution in [0.1, 0.15) is 26.4 Å². The van der Waals surface area contributed by atoms with Crippen LogP contribution < -0.4 is 5.32 Å². The van der Waals surface area contributed by atoms with E-state index < -0.39 is 23.5 Å². The van der Waals surface area contributed by atoms with E-state index in [0.717, 1.165) is 7.11 Å². The maximum absolute atomic E-state index is 13.5. The number of nitrogens with one attached hydrogen (secondary N) is 1. The normalized spacial score (nSPS) is 10.2. The molecule has 28 heavy (non-hydrogen) atoms. The summed E-state index contributed by atoms with van der Waals surface area (Å²) in [6.07, 6.45) is 3.14. The topological polar surface area (TPSA) is 110 Å². The van der Waals surface area contributed by atoms with E-state index in [-0.39, 0.29) is 16.9 Å². The summed E-state index contributed by atoms with van der Waals surface area (Å²) in [4.78, 5) is 24.1. The van der Waals surface area contributed by atoms with Gasteiger partial charge in [0.25, 0.3) is 5.91 Å². The minimum atomic E-state index is -1.26. The first-order valence-electron chi connectivity index (χ1n) is 7.74. The fraction of sp³-hybridized carbons (Fsp3) is 0.0556. The molecule has 8 nitrogen and oxygen atoms in total. The molecule has 0 aliphatic heterocycles. The van der Waals surface area contributed by atoms with Gasteiger partial charge in [0.15, 0.2) is 23.1 Å². The van der Waals surface area contributed by atoms with E-state index in [9.17, 15) is 18.4 Å². The molecular weight excluding hydrogens is 372 g/mol. The number of esters is 1. The van der Waals surface area contributed by atoms with E-state index in [2.05, 4.69) is 20.3 Å². The van der Waals surface area contributed by atoms with Crippen LogP contribution in [0.2, 0.25) is 0 Å². The monoisotopic (exact) mass is 383 g/mol. The molecule has 0 bridgehead atoms. The van der Waals surface area contributed by atoms with Crippen LogP contribution >= 0.6 is 0 Å². The maximum atomic E-state index is 13.5. The molecule has 1 amide bonds. The van der Waals surface area contributed by atoms with Crippen LogP contribution in [-0.4, -0.2) is 33.8 Å². The van der Waals surface area contributed by atoms with Crippen LogP contribution in [0.3, 0.4) is 0 Å². The van der Waals surface area contributed by atoms with Crippen molar-refractivity contribution in [1.29, 1.82) is 5.26 Å². The first kappa shape index (κ1) is 18.7. The predicted octanol–water partition coefficient (Wildman–Crippen LogP) is 2.46. The van der Waals surface area contributed by atoms with Gasteiger partial charge in [0, 0.05) is 18.5 Å². The van der Waals surface area contributed by atoms with Gasteiger partial charge in [-0.25, -0.2) is 13.6 Å². The van der Waals surface area contributed by atoms with Crippen LogP contribution in [-0.2, 0) is 4.74 Å². The number of amides is 1. The fourth-order valence-electron chi connectivity index (χ4n) is 2.30. The van der Waals surface area contributed by atoms with Crippen molar-refractivity contribution >= 4 is 17.6 Å². The molecular formula is C18H11F2N5O3. The zero-order valence-corrected chi connectivity index (χ0v) is 14.3. The summed E-state index contributed by atoms with van der Waals surface area (Å²) in [5.74, 6) is -3.88. The molecule has 0 spiro atoms. The lowest BCUT2D eigenvalue weighted by Gasteiger charge is -2.10. The molecule has 1 N–H and O–H groups in total. The average molecular weight is 383 g/mol. The van der Waals surface area contributed by atoms with Crippen molar-refractivity contribution in [3.05, 3.63) is 71.2 Å². The molecule has 0 saturated heterocycles. The van der Waals surface area contributed by atoms with Crippen molar-refractivity contribution in [1.82, 2.24) is 14.8 Å². The van der Waals surface area contributed by atoms with Gasteiger partial charge in [0.05, 0.1) is 23.9 Å². The van der Waals surface area contributed by atoms with Crippen LogP contribution in [0, 0.1) is 23.0 Å². The first-order valence-corrected chi connectivity index (χ1v) is 7.74. The molecule has 3 rings (SSSR count). The summed E-state index contributed by atoms with van der Waals surface area (Å²) < 4.78 is 33.0. The second-order valence-electron chi connectivity index (χ2n) is 5.45. The lowest BCUT2D eigenvalue weighted by Crippen LogP contribution is -2.18. The molecule has 10 heteroatoms. The van der Waals surface area contributed by atoms with Crippen LogP contribution in [0.25, 0.3) is 5.82 Å². The molecule has 0 saturated carbocycles. The number of nitrogens with zero attached hydrogens (tertiary/aromatic N) is 4.